The second kappa shape index (κ2) is 8.41. The number of aliphatic imine (C=N–C) groups is 1. The van der Waals surface area contributed by atoms with Gasteiger partial charge in [-0.15, -0.1) is 16.5 Å². The Hall–Kier alpha value is -2.58. The third-order valence-corrected chi connectivity index (χ3v) is 5.41. The summed E-state index contributed by atoms with van der Waals surface area (Å²) in [5.74, 6) is 6.70. The molecule has 0 aliphatic rings. The summed E-state index contributed by atoms with van der Waals surface area (Å²) in [7, 11) is 7.97. The average molecular weight is 384 g/mol. The summed E-state index contributed by atoms with van der Waals surface area (Å²) < 4.78 is 1.25. The van der Waals surface area contributed by atoms with Crippen LogP contribution in [0.5, 0.6) is 0 Å². The zero-order chi connectivity index (χ0) is 19.4. The van der Waals surface area contributed by atoms with E-state index >= 15 is 0 Å². The molecule has 0 radical (unpaired) electrons. The van der Waals surface area contributed by atoms with Gasteiger partial charge in [-0.1, -0.05) is 17.4 Å². The molecule has 27 heavy (non-hydrogen) atoms. The molecule has 0 atom stereocenters. The molecule has 7 nitrogen and oxygen atoms in total. The fourth-order valence-corrected chi connectivity index (χ4v) is 4.06. The van der Waals surface area contributed by atoms with E-state index in [9.17, 15) is 0 Å². The van der Waals surface area contributed by atoms with Crippen LogP contribution in [0.3, 0.4) is 0 Å². The van der Waals surface area contributed by atoms with Crippen LogP contribution >= 0.6 is 11.3 Å². The Bertz CT molecular complexity index is 990. The standard InChI is InChI=1S/C19H25N7S/c1-21-18(23-24-20)13-6-7-14-16(12-13)22-19(15-8-11-27-17(14)15)26(4)10-5-9-25(2)3/h6-8,11-12H,5,9-10H2,1-4H3,(H2,20,21,23). The van der Waals surface area contributed by atoms with Crippen molar-refractivity contribution in [2.75, 3.05) is 46.2 Å². The molecule has 0 saturated heterocycles. The van der Waals surface area contributed by atoms with Crippen molar-refractivity contribution in [3.05, 3.63) is 35.2 Å². The topological polar surface area (TPSA) is 82.5 Å². The molecule has 0 aliphatic heterocycles. The predicted octanol–water partition coefficient (Wildman–Crippen LogP) is 3.54. The highest BCUT2D eigenvalue weighted by atomic mass is 32.1. The van der Waals surface area contributed by atoms with E-state index in [4.69, 9.17) is 10.8 Å². The normalized spacial score (nSPS) is 12.7. The summed E-state index contributed by atoms with van der Waals surface area (Å²) >= 11 is 1.74. The summed E-state index contributed by atoms with van der Waals surface area (Å²) in [6.07, 6.45) is 1.08. The number of thiophene rings is 1. The Morgan fingerprint density at radius 3 is 2.67 bits per heavy atom. The number of aromatic nitrogens is 1. The lowest BCUT2D eigenvalue weighted by Crippen LogP contribution is -2.24. The van der Waals surface area contributed by atoms with Crippen molar-refractivity contribution in [1.82, 2.24) is 9.88 Å². The zero-order valence-electron chi connectivity index (χ0n) is 16.2. The van der Waals surface area contributed by atoms with E-state index in [2.05, 4.69) is 63.8 Å². The van der Waals surface area contributed by atoms with Crippen LogP contribution in [0.1, 0.15) is 12.0 Å². The van der Waals surface area contributed by atoms with Crippen LogP contribution in [0.4, 0.5) is 5.82 Å². The van der Waals surface area contributed by atoms with Crippen LogP contribution in [0.15, 0.2) is 45.0 Å². The quantitative estimate of drug-likeness (QED) is 0.232. The lowest BCUT2D eigenvalue weighted by atomic mass is 10.1. The van der Waals surface area contributed by atoms with Crippen molar-refractivity contribution in [2.45, 2.75) is 6.42 Å². The van der Waals surface area contributed by atoms with Crippen molar-refractivity contribution in [1.29, 1.82) is 0 Å². The van der Waals surface area contributed by atoms with Crippen LogP contribution < -0.4 is 10.7 Å². The van der Waals surface area contributed by atoms with Crippen molar-refractivity contribution in [2.24, 2.45) is 21.2 Å². The third kappa shape index (κ3) is 4.06. The molecule has 0 spiro atoms. The zero-order valence-corrected chi connectivity index (χ0v) is 17.0. The van der Waals surface area contributed by atoms with Crippen LogP contribution in [0.2, 0.25) is 0 Å². The maximum atomic E-state index is 5.20. The first kappa shape index (κ1) is 19.2. The van der Waals surface area contributed by atoms with Crippen molar-refractivity contribution >= 4 is 44.0 Å². The molecule has 2 aromatic heterocycles. The monoisotopic (exact) mass is 383 g/mol. The second-order valence-electron chi connectivity index (χ2n) is 6.67. The largest absolute Gasteiger partial charge is 0.359 e. The van der Waals surface area contributed by atoms with Gasteiger partial charge < -0.3 is 15.6 Å². The maximum Gasteiger partial charge on any atom is 0.178 e. The van der Waals surface area contributed by atoms with Gasteiger partial charge in [0.25, 0.3) is 0 Å². The summed E-state index contributed by atoms with van der Waals surface area (Å²) in [5, 5.41) is 11.7. The van der Waals surface area contributed by atoms with Gasteiger partial charge in [0, 0.05) is 41.7 Å². The number of anilines is 1. The van der Waals surface area contributed by atoms with Crippen LogP contribution in [0.25, 0.3) is 21.0 Å². The number of hydrogen-bond acceptors (Lipinski definition) is 6. The number of rotatable bonds is 6. The summed E-state index contributed by atoms with van der Waals surface area (Å²) in [6.45, 7) is 2.00. The highest BCUT2D eigenvalue weighted by Crippen LogP contribution is 2.35. The van der Waals surface area contributed by atoms with E-state index < -0.39 is 0 Å². The van der Waals surface area contributed by atoms with Crippen molar-refractivity contribution in [3.8, 4) is 0 Å². The summed E-state index contributed by atoms with van der Waals surface area (Å²) in [5.41, 5.74) is 1.77. The fourth-order valence-electron chi connectivity index (χ4n) is 3.13. The third-order valence-electron chi connectivity index (χ3n) is 4.46. The van der Waals surface area contributed by atoms with Gasteiger partial charge in [0.2, 0.25) is 0 Å². The molecule has 3 aromatic rings. The van der Waals surface area contributed by atoms with Crippen molar-refractivity contribution < 1.29 is 0 Å². The SMILES string of the molecule is CN=C(N=NN)c1ccc2c(c1)nc(N(C)CCCN(C)C)c1ccsc12. The summed E-state index contributed by atoms with van der Waals surface area (Å²) in [6, 6.07) is 8.21. The molecule has 2 N–H and O–H groups in total. The molecule has 0 aliphatic carbocycles. The molecule has 3 rings (SSSR count). The number of fused-ring (bicyclic) bond motifs is 3. The fraction of sp³-hybridized carbons (Fsp3) is 0.368. The lowest BCUT2D eigenvalue weighted by molar-refractivity contribution is 0.401. The Labute approximate surface area is 163 Å². The molecule has 0 saturated carbocycles. The lowest BCUT2D eigenvalue weighted by Gasteiger charge is -2.21. The van der Waals surface area contributed by atoms with Gasteiger partial charge >= 0.3 is 0 Å². The first-order valence-electron chi connectivity index (χ1n) is 8.80. The molecule has 1 aromatic carbocycles. The van der Waals surface area contributed by atoms with Gasteiger partial charge in [-0.2, -0.15) is 0 Å². The number of amidine groups is 1. The van der Waals surface area contributed by atoms with Crippen molar-refractivity contribution in [3.63, 3.8) is 0 Å². The number of pyridine rings is 1. The van der Waals surface area contributed by atoms with E-state index in [0.717, 1.165) is 41.8 Å². The van der Waals surface area contributed by atoms with Gasteiger partial charge in [0.15, 0.2) is 5.84 Å². The van der Waals surface area contributed by atoms with E-state index in [-0.39, 0.29) is 0 Å². The first-order chi connectivity index (χ1) is 13.0. The minimum Gasteiger partial charge on any atom is -0.359 e. The number of nitrogens with two attached hydrogens (primary N) is 1. The van der Waals surface area contributed by atoms with Crippen LogP contribution in [-0.2, 0) is 0 Å². The molecule has 8 heteroatoms. The van der Waals surface area contributed by atoms with E-state index in [1.165, 1.54) is 10.1 Å². The highest BCUT2D eigenvalue weighted by Gasteiger charge is 2.14. The highest BCUT2D eigenvalue weighted by molar-refractivity contribution is 7.18. The summed E-state index contributed by atoms with van der Waals surface area (Å²) in [4.78, 5) is 13.6. The molecule has 142 valence electrons. The Kier molecular flexibility index (Phi) is 5.98. The van der Waals surface area contributed by atoms with E-state index in [0.29, 0.717) is 5.84 Å². The van der Waals surface area contributed by atoms with Crippen LogP contribution in [0, 0.1) is 0 Å². The second-order valence-corrected chi connectivity index (χ2v) is 7.59. The number of nitrogens with zero attached hydrogens (tertiary/aromatic N) is 6. The van der Waals surface area contributed by atoms with E-state index in [1.54, 1.807) is 18.4 Å². The Morgan fingerprint density at radius 2 is 1.96 bits per heavy atom. The Morgan fingerprint density at radius 1 is 1.15 bits per heavy atom. The maximum absolute atomic E-state index is 5.20. The van der Waals surface area contributed by atoms with Gasteiger partial charge in [-0.3, -0.25) is 4.99 Å². The molecule has 0 bridgehead atoms. The minimum atomic E-state index is 0.494. The van der Waals surface area contributed by atoms with Gasteiger partial charge in [0.1, 0.15) is 5.82 Å². The first-order valence-corrected chi connectivity index (χ1v) is 9.68. The molecule has 0 amide bonds. The minimum absolute atomic E-state index is 0.494. The molecule has 2 heterocycles. The average Bonchev–Trinajstić information content (AvgIpc) is 3.14. The molecular formula is C19H25N7S. The van der Waals surface area contributed by atoms with Gasteiger partial charge in [-0.25, -0.2) is 4.98 Å². The number of hydrogen-bond donors (Lipinski definition) is 1. The molecule has 0 fully saturated rings. The number of benzene rings is 1. The van der Waals surface area contributed by atoms with Crippen LogP contribution in [-0.4, -0.2) is 57.0 Å². The molecule has 0 unspecified atom stereocenters. The molecular weight excluding hydrogens is 358 g/mol. The Balaban J connectivity index is 2.06. The van der Waals surface area contributed by atoms with E-state index in [1.807, 2.05) is 12.1 Å². The van der Waals surface area contributed by atoms with Gasteiger partial charge in [-0.05, 0) is 44.6 Å². The smallest absolute Gasteiger partial charge is 0.178 e. The van der Waals surface area contributed by atoms with Gasteiger partial charge in [0.05, 0.1) is 5.52 Å². The predicted molar refractivity (Wildman–Crippen MR) is 115 cm³/mol.